The molecule has 3 aliphatic rings. The fourth-order valence-corrected chi connectivity index (χ4v) is 3.19. The predicted octanol–water partition coefficient (Wildman–Crippen LogP) is 1.62. The van der Waals surface area contributed by atoms with E-state index >= 15 is 0 Å². The van der Waals surface area contributed by atoms with E-state index in [9.17, 15) is 0 Å². The van der Waals surface area contributed by atoms with E-state index in [-0.39, 0.29) is 18.5 Å². The third-order valence-electron chi connectivity index (χ3n) is 4.22. The van der Waals surface area contributed by atoms with Crippen molar-refractivity contribution in [2.75, 3.05) is 27.0 Å². The lowest BCUT2D eigenvalue weighted by atomic mass is 9.88. The van der Waals surface area contributed by atoms with Gasteiger partial charge in [0.25, 0.3) is 0 Å². The zero-order valence-electron chi connectivity index (χ0n) is 10.9. The summed E-state index contributed by atoms with van der Waals surface area (Å²) in [4.78, 5) is 0. The topological polar surface area (TPSA) is 49.0 Å². The van der Waals surface area contributed by atoms with E-state index in [1.165, 1.54) is 0 Å². The molecule has 0 bridgehead atoms. The second-order valence-electron chi connectivity index (χ2n) is 5.38. The molecule has 1 spiro atoms. The summed E-state index contributed by atoms with van der Waals surface area (Å²) in [5, 5.41) is 3.37. The minimum absolute atomic E-state index is 0.0538. The van der Waals surface area contributed by atoms with Gasteiger partial charge in [0.15, 0.2) is 11.5 Å². The van der Waals surface area contributed by atoms with Crippen molar-refractivity contribution in [3.05, 3.63) is 17.7 Å². The van der Waals surface area contributed by atoms with Crippen molar-refractivity contribution in [3.8, 4) is 17.2 Å². The molecule has 0 aromatic heterocycles. The monoisotopic (exact) mass is 263 g/mol. The van der Waals surface area contributed by atoms with E-state index < -0.39 is 0 Å². The van der Waals surface area contributed by atoms with Crippen LogP contribution in [-0.4, -0.2) is 32.6 Å². The van der Waals surface area contributed by atoms with Crippen LogP contribution in [0.25, 0.3) is 0 Å². The molecular formula is C14H17NO4. The number of hydrogen-bond acceptors (Lipinski definition) is 5. The van der Waals surface area contributed by atoms with E-state index in [2.05, 4.69) is 5.32 Å². The largest absolute Gasteiger partial charge is 0.485 e. The Morgan fingerprint density at radius 1 is 1.26 bits per heavy atom. The van der Waals surface area contributed by atoms with E-state index in [0.717, 1.165) is 48.7 Å². The average Bonchev–Trinajstić information content (AvgIpc) is 3.04. The van der Waals surface area contributed by atoms with Gasteiger partial charge in [-0.15, -0.1) is 0 Å². The highest BCUT2D eigenvalue weighted by Gasteiger charge is 2.44. The zero-order chi connectivity index (χ0) is 12.9. The first kappa shape index (κ1) is 11.4. The SMILES string of the molecule is COC1CC2(CCNC2)Oc2cc3c(cc21)OCO3. The normalized spacial score (nSPS) is 31.3. The first-order valence-corrected chi connectivity index (χ1v) is 6.66. The summed E-state index contributed by atoms with van der Waals surface area (Å²) in [6.07, 6.45) is 1.95. The highest BCUT2D eigenvalue weighted by molar-refractivity contribution is 5.53. The Morgan fingerprint density at radius 3 is 2.84 bits per heavy atom. The summed E-state index contributed by atoms with van der Waals surface area (Å²) >= 11 is 0. The smallest absolute Gasteiger partial charge is 0.231 e. The lowest BCUT2D eigenvalue weighted by Crippen LogP contribution is -2.43. The fourth-order valence-electron chi connectivity index (χ4n) is 3.19. The molecule has 5 nitrogen and oxygen atoms in total. The van der Waals surface area contributed by atoms with Crippen molar-refractivity contribution >= 4 is 0 Å². The van der Waals surface area contributed by atoms with Gasteiger partial charge in [0.2, 0.25) is 6.79 Å². The van der Waals surface area contributed by atoms with Crippen LogP contribution < -0.4 is 19.5 Å². The molecule has 1 saturated heterocycles. The maximum atomic E-state index is 6.26. The lowest BCUT2D eigenvalue weighted by Gasteiger charge is -2.38. The molecule has 102 valence electrons. The van der Waals surface area contributed by atoms with Crippen molar-refractivity contribution in [1.82, 2.24) is 5.32 Å². The van der Waals surface area contributed by atoms with E-state index in [1.54, 1.807) is 7.11 Å². The van der Waals surface area contributed by atoms with Crippen LogP contribution in [0.1, 0.15) is 24.5 Å². The number of methoxy groups -OCH3 is 1. The van der Waals surface area contributed by atoms with Crippen molar-refractivity contribution in [3.63, 3.8) is 0 Å². The number of hydrogen-bond donors (Lipinski definition) is 1. The Bertz CT molecular complexity index is 510. The van der Waals surface area contributed by atoms with E-state index in [0.29, 0.717) is 0 Å². The third-order valence-corrected chi connectivity index (χ3v) is 4.22. The summed E-state index contributed by atoms with van der Waals surface area (Å²) in [7, 11) is 1.75. The number of nitrogens with one attached hydrogen (secondary N) is 1. The molecule has 5 heteroatoms. The van der Waals surface area contributed by atoms with Crippen LogP contribution in [0.3, 0.4) is 0 Å². The van der Waals surface area contributed by atoms with Crippen LogP contribution in [0.4, 0.5) is 0 Å². The summed E-state index contributed by atoms with van der Waals surface area (Å²) in [6.45, 7) is 2.15. The molecule has 4 rings (SSSR count). The standard InChI is InChI=1S/C14H17NO4/c1-16-13-6-14(2-3-15-7-14)19-10-5-12-11(4-9(10)13)17-8-18-12/h4-5,13,15H,2-3,6-8H2,1H3. The molecule has 3 aliphatic heterocycles. The van der Waals surface area contributed by atoms with Crippen LogP contribution in [0.15, 0.2) is 12.1 Å². The van der Waals surface area contributed by atoms with Gasteiger partial charge in [0.1, 0.15) is 11.4 Å². The predicted molar refractivity (Wildman–Crippen MR) is 67.8 cm³/mol. The number of fused-ring (bicyclic) bond motifs is 2. The summed E-state index contributed by atoms with van der Waals surface area (Å²) in [6, 6.07) is 3.92. The molecule has 0 amide bonds. The minimum Gasteiger partial charge on any atom is -0.485 e. The molecule has 2 atom stereocenters. The Morgan fingerprint density at radius 2 is 2.11 bits per heavy atom. The quantitative estimate of drug-likeness (QED) is 0.834. The van der Waals surface area contributed by atoms with Crippen LogP contribution in [-0.2, 0) is 4.74 Å². The molecule has 0 radical (unpaired) electrons. The summed E-state index contributed by atoms with van der Waals surface area (Å²) in [5.41, 5.74) is 0.922. The molecule has 19 heavy (non-hydrogen) atoms. The van der Waals surface area contributed by atoms with Gasteiger partial charge in [-0.2, -0.15) is 0 Å². The van der Waals surface area contributed by atoms with Gasteiger partial charge in [-0.1, -0.05) is 0 Å². The Balaban J connectivity index is 1.78. The van der Waals surface area contributed by atoms with Crippen molar-refractivity contribution < 1.29 is 18.9 Å². The molecule has 0 aliphatic carbocycles. The van der Waals surface area contributed by atoms with Gasteiger partial charge in [-0.05, 0) is 12.6 Å². The van der Waals surface area contributed by atoms with Crippen molar-refractivity contribution in [1.29, 1.82) is 0 Å². The third kappa shape index (κ3) is 1.69. The van der Waals surface area contributed by atoms with Gasteiger partial charge in [0.05, 0.1) is 6.10 Å². The van der Waals surface area contributed by atoms with Gasteiger partial charge in [-0.3, -0.25) is 0 Å². The van der Waals surface area contributed by atoms with Gasteiger partial charge < -0.3 is 24.3 Å². The average molecular weight is 263 g/mol. The van der Waals surface area contributed by atoms with Crippen molar-refractivity contribution in [2.45, 2.75) is 24.5 Å². The second kappa shape index (κ2) is 4.02. The minimum atomic E-state index is -0.138. The number of rotatable bonds is 1. The maximum absolute atomic E-state index is 6.26. The fraction of sp³-hybridized carbons (Fsp3) is 0.571. The summed E-state index contributed by atoms with van der Waals surface area (Å²) in [5.74, 6) is 2.41. The van der Waals surface area contributed by atoms with Crippen LogP contribution in [0.5, 0.6) is 17.2 Å². The van der Waals surface area contributed by atoms with Crippen LogP contribution >= 0.6 is 0 Å². The van der Waals surface area contributed by atoms with Gasteiger partial charge in [-0.25, -0.2) is 0 Å². The Kier molecular flexibility index (Phi) is 2.40. The van der Waals surface area contributed by atoms with Crippen LogP contribution in [0.2, 0.25) is 0 Å². The van der Waals surface area contributed by atoms with E-state index in [4.69, 9.17) is 18.9 Å². The van der Waals surface area contributed by atoms with E-state index in [1.807, 2.05) is 12.1 Å². The Labute approximate surface area is 111 Å². The maximum Gasteiger partial charge on any atom is 0.231 e. The van der Waals surface area contributed by atoms with Crippen molar-refractivity contribution in [2.24, 2.45) is 0 Å². The molecule has 2 unspecified atom stereocenters. The lowest BCUT2D eigenvalue weighted by molar-refractivity contribution is -0.0204. The molecule has 1 fully saturated rings. The molecule has 1 aromatic rings. The first-order chi connectivity index (χ1) is 9.30. The highest BCUT2D eigenvalue weighted by Crippen LogP contribution is 2.48. The zero-order valence-corrected chi connectivity index (χ0v) is 10.9. The number of ether oxygens (including phenoxy) is 4. The molecule has 1 N–H and O–H groups in total. The molecule has 0 saturated carbocycles. The van der Waals surface area contributed by atoms with Crippen LogP contribution in [0, 0.1) is 0 Å². The first-order valence-electron chi connectivity index (χ1n) is 6.66. The van der Waals surface area contributed by atoms with Gasteiger partial charge >= 0.3 is 0 Å². The molecule has 1 aromatic carbocycles. The highest BCUT2D eigenvalue weighted by atomic mass is 16.7. The second-order valence-corrected chi connectivity index (χ2v) is 5.38. The summed E-state index contributed by atoms with van der Waals surface area (Å²) < 4.78 is 22.8. The molecule has 3 heterocycles. The molecular weight excluding hydrogens is 246 g/mol. The Hall–Kier alpha value is -1.46. The number of benzene rings is 1. The van der Waals surface area contributed by atoms with Gasteiger partial charge in [0, 0.05) is 38.1 Å².